The summed E-state index contributed by atoms with van der Waals surface area (Å²) >= 11 is 0. The zero-order valence-electron chi connectivity index (χ0n) is 25.1. The van der Waals surface area contributed by atoms with Gasteiger partial charge < -0.3 is 24.5 Å². The first kappa shape index (κ1) is 28.5. The van der Waals surface area contributed by atoms with E-state index in [4.69, 9.17) is 24.5 Å². The van der Waals surface area contributed by atoms with Crippen molar-refractivity contribution >= 4 is 23.4 Å². The molecule has 2 aromatic heterocycles. The summed E-state index contributed by atoms with van der Waals surface area (Å²) in [6, 6.07) is 13.8. The number of carbonyl (C=O) groups is 1. The fourth-order valence-electron chi connectivity index (χ4n) is 6.05. The van der Waals surface area contributed by atoms with Crippen LogP contribution in [0.25, 0.3) is 22.9 Å². The van der Waals surface area contributed by atoms with E-state index in [1.165, 1.54) is 0 Å². The fraction of sp³-hybridized carbons (Fsp3) is 0.353. The third kappa shape index (κ3) is 5.71. The molecule has 0 spiro atoms. The van der Waals surface area contributed by atoms with Gasteiger partial charge in [0.25, 0.3) is 0 Å². The molecule has 2 N–H and O–H groups in total. The van der Waals surface area contributed by atoms with Gasteiger partial charge in [-0.25, -0.2) is 19.7 Å². The molecule has 222 valence electrons. The lowest BCUT2D eigenvalue weighted by Gasteiger charge is -2.39. The van der Waals surface area contributed by atoms with Gasteiger partial charge in [-0.15, -0.1) is 0 Å². The van der Waals surface area contributed by atoms with Crippen LogP contribution in [0.3, 0.4) is 0 Å². The number of hydrogen-bond donors (Lipinski definition) is 2. The predicted octanol–water partition coefficient (Wildman–Crippen LogP) is 6.00. The number of H-pyrrole nitrogens is 1. The van der Waals surface area contributed by atoms with Gasteiger partial charge in [0, 0.05) is 41.7 Å². The van der Waals surface area contributed by atoms with E-state index in [1.807, 2.05) is 25.1 Å². The summed E-state index contributed by atoms with van der Waals surface area (Å²) in [4.78, 5) is 31.2. The van der Waals surface area contributed by atoms with Crippen molar-refractivity contribution in [3.8, 4) is 22.8 Å². The second kappa shape index (κ2) is 11.6. The number of aryl methyl sites for hydroxylation is 2. The van der Waals surface area contributed by atoms with Crippen molar-refractivity contribution in [2.75, 3.05) is 31.2 Å². The lowest BCUT2D eigenvalue weighted by Crippen LogP contribution is -2.42. The zero-order valence-corrected chi connectivity index (χ0v) is 25.1. The summed E-state index contributed by atoms with van der Waals surface area (Å²) in [5.74, 6) is 2.47. The quantitative estimate of drug-likeness (QED) is 0.248. The van der Waals surface area contributed by atoms with Gasteiger partial charge in [-0.1, -0.05) is 19.1 Å². The predicted molar refractivity (Wildman–Crippen MR) is 167 cm³/mol. The zero-order chi connectivity index (χ0) is 30.1. The monoisotopic (exact) mass is 579 g/mol. The number of piperidine rings is 1. The lowest BCUT2D eigenvalue weighted by molar-refractivity contribution is -0.139. The van der Waals surface area contributed by atoms with Crippen LogP contribution in [0.4, 0.5) is 5.82 Å². The van der Waals surface area contributed by atoms with Crippen LogP contribution in [0.5, 0.6) is 11.5 Å². The van der Waals surface area contributed by atoms with Crippen molar-refractivity contribution in [3.63, 3.8) is 0 Å². The first-order valence-electron chi connectivity index (χ1n) is 14.8. The number of carboxylic acids is 1. The van der Waals surface area contributed by atoms with Crippen LogP contribution in [0.2, 0.25) is 0 Å². The average Bonchev–Trinajstić information content (AvgIpc) is 3.62. The standard InChI is InChI=1S/C34H37N5O4/c1-5-42-29-11-8-24(16-21(29)2)31-22(3)37-33(38-31)34(4)12-14-39(15-13-34)32-27-17-25(18-28(27)35-20-36-32)23-6-9-26(10-7-23)43-19-30(40)41/h6-11,16-17,20H,5,12-15,18-19H2,1-4H3,(H,37,38)(H,40,41). The molecule has 6 rings (SSSR count). The van der Waals surface area contributed by atoms with E-state index < -0.39 is 5.97 Å². The number of aromatic amines is 1. The first-order chi connectivity index (χ1) is 20.7. The second-order valence-corrected chi connectivity index (χ2v) is 11.6. The van der Waals surface area contributed by atoms with E-state index in [0.29, 0.717) is 12.4 Å². The minimum Gasteiger partial charge on any atom is -0.494 e. The Kier molecular flexibility index (Phi) is 7.64. The number of ether oxygens (including phenoxy) is 2. The smallest absolute Gasteiger partial charge is 0.341 e. The molecular formula is C34H37N5O4. The van der Waals surface area contributed by atoms with Crippen molar-refractivity contribution in [2.24, 2.45) is 0 Å². The minimum absolute atomic E-state index is 0.0680. The molecule has 2 aliphatic rings. The Bertz CT molecular complexity index is 1680. The number of hydrogen-bond acceptors (Lipinski definition) is 7. The van der Waals surface area contributed by atoms with Crippen LogP contribution in [-0.4, -0.2) is 57.3 Å². The van der Waals surface area contributed by atoms with E-state index >= 15 is 0 Å². The second-order valence-electron chi connectivity index (χ2n) is 11.6. The lowest BCUT2D eigenvalue weighted by atomic mass is 9.79. The number of aromatic nitrogens is 4. The van der Waals surface area contributed by atoms with Crippen molar-refractivity contribution in [3.05, 3.63) is 82.7 Å². The molecular weight excluding hydrogens is 542 g/mol. The molecule has 0 saturated carbocycles. The van der Waals surface area contributed by atoms with Crippen LogP contribution in [0.15, 0.2) is 48.8 Å². The Morgan fingerprint density at radius 2 is 1.79 bits per heavy atom. The molecule has 9 nitrogen and oxygen atoms in total. The summed E-state index contributed by atoms with van der Waals surface area (Å²) < 4.78 is 11.0. The van der Waals surface area contributed by atoms with Crippen molar-refractivity contribution in [1.29, 1.82) is 0 Å². The normalized spacial score (nSPS) is 15.6. The molecule has 0 atom stereocenters. The number of carboxylic acid groups (broad SMARTS) is 1. The molecule has 1 saturated heterocycles. The highest BCUT2D eigenvalue weighted by atomic mass is 16.5. The Balaban J connectivity index is 1.17. The van der Waals surface area contributed by atoms with Crippen LogP contribution in [0, 0.1) is 13.8 Å². The van der Waals surface area contributed by atoms with Crippen molar-refractivity contribution in [1.82, 2.24) is 19.9 Å². The number of nitrogens with one attached hydrogen (secondary N) is 1. The third-order valence-corrected chi connectivity index (χ3v) is 8.58. The Morgan fingerprint density at radius 1 is 1.05 bits per heavy atom. The molecule has 2 aromatic carbocycles. The highest BCUT2D eigenvalue weighted by Gasteiger charge is 2.36. The van der Waals surface area contributed by atoms with Gasteiger partial charge in [-0.3, -0.25) is 0 Å². The van der Waals surface area contributed by atoms with Gasteiger partial charge >= 0.3 is 5.97 Å². The molecule has 1 aliphatic heterocycles. The number of benzene rings is 2. The number of anilines is 1. The van der Waals surface area contributed by atoms with Gasteiger partial charge in [0.15, 0.2) is 6.61 Å². The van der Waals surface area contributed by atoms with Crippen LogP contribution < -0.4 is 14.4 Å². The maximum Gasteiger partial charge on any atom is 0.341 e. The maximum atomic E-state index is 10.8. The molecule has 0 amide bonds. The van der Waals surface area contributed by atoms with Crippen LogP contribution >= 0.6 is 0 Å². The SMILES string of the molecule is CCOc1ccc(-c2nc(C3(C)CCN(c4ncnc5c4C=C(c4ccc(OCC(=O)O)cc4)C5)CC3)[nH]c2C)cc1C. The Labute approximate surface area is 251 Å². The number of allylic oxidation sites excluding steroid dienone is 1. The van der Waals surface area contributed by atoms with E-state index in [-0.39, 0.29) is 12.0 Å². The van der Waals surface area contributed by atoms with Gasteiger partial charge in [-0.2, -0.15) is 0 Å². The highest BCUT2D eigenvalue weighted by molar-refractivity contribution is 5.91. The molecule has 0 bridgehead atoms. The van der Waals surface area contributed by atoms with Crippen molar-refractivity contribution in [2.45, 2.75) is 52.4 Å². The van der Waals surface area contributed by atoms with E-state index in [2.05, 4.69) is 53.8 Å². The molecule has 43 heavy (non-hydrogen) atoms. The summed E-state index contributed by atoms with van der Waals surface area (Å²) in [5, 5.41) is 8.85. The number of fused-ring (bicyclic) bond motifs is 1. The summed E-state index contributed by atoms with van der Waals surface area (Å²) in [7, 11) is 0. The van der Waals surface area contributed by atoms with Crippen LogP contribution in [-0.2, 0) is 16.6 Å². The summed E-state index contributed by atoms with van der Waals surface area (Å²) in [6.45, 7) is 10.5. The Morgan fingerprint density at radius 3 is 2.49 bits per heavy atom. The largest absolute Gasteiger partial charge is 0.494 e. The molecule has 3 heterocycles. The number of imidazole rings is 1. The van der Waals surface area contributed by atoms with Gasteiger partial charge in [0.1, 0.15) is 29.5 Å². The minimum atomic E-state index is -0.995. The first-order valence-corrected chi connectivity index (χ1v) is 14.8. The van der Waals surface area contributed by atoms with Gasteiger partial charge in [-0.05, 0) is 86.7 Å². The van der Waals surface area contributed by atoms with Crippen LogP contribution in [0.1, 0.15) is 60.6 Å². The average molecular weight is 580 g/mol. The van der Waals surface area contributed by atoms with Gasteiger partial charge in [0.2, 0.25) is 0 Å². The molecule has 4 aromatic rings. The summed E-state index contributed by atoms with van der Waals surface area (Å²) in [6.07, 6.45) is 6.49. The molecule has 0 unspecified atom stereocenters. The number of rotatable bonds is 9. The molecule has 1 fully saturated rings. The topological polar surface area (TPSA) is 113 Å². The van der Waals surface area contributed by atoms with E-state index in [1.54, 1.807) is 18.5 Å². The Hall–Kier alpha value is -4.66. The van der Waals surface area contributed by atoms with Gasteiger partial charge in [0.05, 0.1) is 18.0 Å². The van der Waals surface area contributed by atoms with E-state index in [0.717, 1.165) is 94.7 Å². The number of aliphatic carboxylic acids is 1. The molecule has 0 radical (unpaired) electrons. The summed E-state index contributed by atoms with van der Waals surface area (Å²) in [5.41, 5.74) is 8.54. The maximum absolute atomic E-state index is 10.8. The van der Waals surface area contributed by atoms with E-state index in [9.17, 15) is 4.79 Å². The highest BCUT2D eigenvalue weighted by Crippen LogP contribution is 2.40. The third-order valence-electron chi connectivity index (χ3n) is 8.58. The number of nitrogens with zero attached hydrogens (tertiary/aromatic N) is 4. The van der Waals surface area contributed by atoms with Crippen molar-refractivity contribution < 1.29 is 19.4 Å². The fourth-order valence-corrected chi connectivity index (χ4v) is 6.05. The molecule has 9 heteroatoms. The molecule has 1 aliphatic carbocycles.